The predicted molar refractivity (Wildman–Crippen MR) is 79.2 cm³/mol. The molecule has 1 atom stereocenters. The SMILES string of the molecule is CC(CNCc1cc(F)ccc1O)CN1CCCCC1. The van der Waals surface area contributed by atoms with E-state index in [0.717, 1.165) is 13.1 Å². The Morgan fingerprint density at radius 3 is 2.80 bits per heavy atom. The molecule has 4 heteroatoms. The van der Waals surface area contributed by atoms with Gasteiger partial charge < -0.3 is 15.3 Å². The summed E-state index contributed by atoms with van der Waals surface area (Å²) in [6, 6.07) is 4.07. The molecule has 2 rings (SSSR count). The predicted octanol–water partition coefficient (Wildman–Crippen LogP) is 2.74. The Morgan fingerprint density at radius 2 is 2.05 bits per heavy atom. The first-order valence-corrected chi connectivity index (χ1v) is 7.55. The van der Waals surface area contributed by atoms with E-state index in [0.29, 0.717) is 18.0 Å². The summed E-state index contributed by atoms with van der Waals surface area (Å²) in [7, 11) is 0. The molecule has 0 spiro atoms. The topological polar surface area (TPSA) is 35.5 Å². The smallest absolute Gasteiger partial charge is 0.123 e. The van der Waals surface area contributed by atoms with Gasteiger partial charge in [0.1, 0.15) is 11.6 Å². The first-order chi connectivity index (χ1) is 9.65. The van der Waals surface area contributed by atoms with Crippen molar-refractivity contribution in [2.45, 2.75) is 32.7 Å². The van der Waals surface area contributed by atoms with Crippen LogP contribution in [-0.4, -0.2) is 36.2 Å². The Kier molecular flexibility index (Phi) is 5.80. The first kappa shape index (κ1) is 15.3. The highest BCUT2D eigenvalue weighted by atomic mass is 19.1. The molecule has 112 valence electrons. The standard InChI is InChI=1S/C16H25FN2O/c1-13(12-19-7-3-2-4-8-19)10-18-11-14-9-15(17)5-6-16(14)20/h5-6,9,13,18,20H,2-4,7-8,10-12H2,1H3. The number of hydrogen-bond acceptors (Lipinski definition) is 3. The van der Waals surface area contributed by atoms with Gasteiger partial charge in [-0.1, -0.05) is 13.3 Å². The molecule has 1 aromatic carbocycles. The minimum absolute atomic E-state index is 0.155. The molecule has 0 amide bonds. The number of aromatic hydroxyl groups is 1. The number of hydrogen-bond donors (Lipinski definition) is 2. The second-order valence-electron chi connectivity index (χ2n) is 5.87. The Balaban J connectivity index is 1.70. The maximum atomic E-state index is 13.1. The quantitative estimate of drug-likeness (QED) is 0.841. The van der Waals surface area contributed by atoms with Crippen molar-refractivity contribution in [1.29, 1.82) is 0 Å². The number of nitrogens with one attached hydrogen (secondary N) is 1. The van der Waals surface area contributed by atoms with Crippen molar-refractivity contribution < 1.29 is 9.50 Å². The lowest BCUT2D eigenvalue weighted by Crippen LogP contribution is -2.36. The molecule has 0 saturated carbocycles. The summed E-state index contributed by atoms with van der Waals surface area (Å²) in [6.45, 7) is 7.17. The van der Waals surface area contributed by atoms with Crippen molar-refractivity contribution in [3.05, 3.63) is 29.6 Å². The Labute approximate surface area is 120 Å². The van der Waals surface area contributed by atoms with Gasteiger partial charge in [-0.15, -0.1) is 0 Å². The summed E-state index contributed by atoms with van der Waals surface area (Å²) < 4.78 is 13.1. The third-order valence-corrected chi connectivity index (χ3v) is 3.87. The lowest BCUT2D eigenvalue weighted by Gasteiger charge is -2.29. The summed E-state index contributed by atoms with van der Waals surface area (Å²) >= 11 is 0. The molecule has 0 aliphatic carbocycles. The van der Waals surface area contributed by atoms with Gasteiger partial charge in [0.25, 0.3) is 0 Å². The highest BCUT2D eigenvalue weighted by Crippen LogP contribution is 2.17. The van der Waals surface area contributed by atoms with Crippen molar-refractivity contribution in [3.8, 4) is 5.75 Å². The molecule has 3 nitrogen and oxygen atoms in total. The highest BCUT2D eigenvalue weighted by molar-refractivity contribution is 5.32. The van der Waals surface area contributed by atoms with E-state index in [9.17, 15) is 9.50 Å². The van der Waals surface area contributed by atoms with Crippen LogP contribution in [0.2, 0.25) is 0 Å². The van der Waals surface area contributed by atoms with Crippen molar-refractivity contribution in [2.24, 2.45) is 5.92 Å². The number of rotatable bonds is 6. The number of benzene rings is 1. The van der Waals surface area contributed by atoms with Gasteiger partial charge in [0.15, 0.2) is 0 Å². The van der Waals surface area contributed by atoms with Gasteiger partial charge in [0, 0.05) is 18.7 Å². The fourth-order valence-electron chi connectivity index (χ4n) is 2.80. The molecule has 0 bridgehead atoms. The highest BCUT2D eigenvalue weighted by Gasteiger charge is 2.13. The van der Waals surface area contributed by atoms with Crippen LogP contribution < -0.4 is 5.32 Å². The normalized spacial score (nSPS) is 18.1. The zero-order valence-electron chi connectivity index (χ0n) is 12.2. The molecular formula is C16H25FN2O. The van der Waals surface area contributed by atoms with Crippen LogP contribution in [0, 0.1) is 11.7 Å². The summed E-state index contributed by atoms with van der Waals surface area (Å²) in [6.07, 6.45) is 4.00. The van der Waals surface area contributed by atoms with E-state index < -0.39 is 0 Å². The van der Waals surface area contributed by atoms with Crippen LogP contribution in [0.3, 0.4) is 0 Å². The molecule has 1 aliphatic rings. The minimum Gasteiger partial charge on any atom is -0.508 e. The van der Waals surface area contributed by atoms with Crippen LogP contribution in [0.5, 0.6) is 5.75 Å². The van der Waals surface area contributed by atoms with E-state index in [1.54, 1.807) is 0 Å². The number of phenolic OH excluding ortho intramolecular Hbond substituents is 1. The maximum Gasteiger partial charge on any atom is 0.123 e. The van der Waals surface area contributed by atoms with E-state index >= 15 is 0 Å². The largest absolute Gasteiger partial charge is 0.508 e. The van der Waals surface area contributed by atoms with Crippen molar-refractivity contribution in [2.75, 3.05) is 26.2 Å². The van der Waals surface area contributed by atoms with Gasteiger partial charge in [-0.3, -0.25) is 0 Å². The van der Waals surface area contributed by atoms with E-state index in [2.05, 4.69) is 17.1 Å². The van der Waals surface area contributed by atoms with Crippen molar-refractivity contribution >= 4 is 0 Å². The Bertz CT molecular complexity index is 419. The van der Waals surface area contributed by atoms with Crippen LogP contribution in [0.25, 0.3) is 0 Å². The number of likely N-dealkylation sites (tertiary alicyclic amines) is 1. The van der Waals surface area contributed by atoms with Crippen molar-refractivity contribution in [3.63, 3.8) is 0 Å². The van der Waals surface area contributed by atoms with Gasteiger partial charge in [-0.25, -0.2) is 4.39 Å². The van der Waals surface area contributed by atoms with E-state index in [1.165, 1.54) is 50.6 Å². The van der Waals surface area contributed by atoms with Crippen LogP contribution in [0.15, 0.2) is 18.2 Å². The molecule has 1 unspecified atom stereocenters. The monoisotopic (exact) mass is 280 g/mol. The zero-order valence-corrected chi connectivity index (χ0v) is 12.2. The summed E-state index contributed by atoms with van der Waals surface area (Å²) in [5.41, 5.74) is 0.621. The van der Waals surface area contributed by atoms with E-state index in [1.807, 2.05) is 0 Å². The number of piperidine rings is 1. The molecule has 1 heterocycles. The fourth-order valence-corrected chi connectivity index (χ4v) is 2.80. The Morgan fingerprint density at radius 1 is 1.30 bits per heavy atom. The average Bonchev–Trinajstić information content (AvgIpc) is 2.44. The molecule has 1 fully saturated rings. The van der Waals surface area contributed by atoms with Gasteiger partial charge in [0.05, 0.1) is 0 Å². The third kappa shape index (κ3) is 4.76. The lowest BCUT2D eigenvalue weighted by molar-refractivity contribution is 0.199. The lowest BCUT2D eigenvalue weighted by atomic mass is 10.1. The molecule has 2 N–H and O–H groups in total. The van der Waals surface area contributed by atoms with Crippen LogP contribution >= 0.6 is 0 Å². The minimum atomic E-state index is -0.305. The van der Waals surface area contributed by atoms with Crippen LogP contribution in [0.1, 0.15) is 31.7 Å². The molecule has 0 radical (unpaired) electrons. The molecule has 0 aromatic heterocycles. The fraction of sp³-hybridized carbons (Fsp3) is 0.625. The second kappa shape index (κ2) is 7.60. The first-order valence-electron chi connectivity index (χ1n) is 7.55. The summed E-state index contributed by atoms with van der Waals surface area (Å²) in [4.78, 5) is 2.52. The maximum absolute atomic E-state index is 13.1. The second-order valence-corrected chi connectivity index (χ2v) is 5.87. The van der Waals surface area contributed by atoms with Gasteiger partial charge in [0.2, 0.25) is 0 Å². The van der Waals surface area contributed by atoms with Crippen LogP contribution in [0.4, 0.5) is 4.39 Å². The number of nitrogens with zero attached hydrogens (tertiary/aromatic N) is 1. The zero-order chi connectivity index (χ0) is 14.4. The van der Waals surface area contributed by atoms with Gasteiger partial charge >= 0.3 is 0 Å². The molecule has 1 aromatic rings. The molecular weight excluding hydrogens is 255 g/mol. The van der Waals surface area contributed by atoms with Gasteiger partial charge in [-0.05, 0) is 56.6 Å². The van der Waals surface area contributed by atoms with E-state index in [-0.39, 0.29) is 11.6 Å². The van der Waals surface area contributed by atoms with E-state index in [4.69, 9.17) is 0 Å². The third-order valence-electron chi connectivity index (χ3n) is 3.87. The molecule has 20 heavy (non-hydrogen) atoms. The summed E-state index contributed by atoms with van der Waals surface area (Å²) in [5.74, 6) is 0.410. The number of halogens is 1. The number of phenols is 1. The average molecular weight is 280 g/mol. The van der Waals surface area contributed by atoms with Gasteiger partial charge in [-0.2, -0.15) is 0 Å². The summed E-state index contributed by atoms with van der Waals surface area (Å²) in [5, 5.41) is 13.0. The Hall–Kier alpha value is -1.13. The molecule has 1 saturated heterocycles. The molecule has 1 aliphatic heterocycles. The van der Waals surface area contributed by atoms with Crippen molar-refractivity contribution in [1.82, 2.24) is 10.2 Å². The van der Waals surface area contributed by atoms with Crippen LogP contribution in [-0.2, 0) is 6.54 Å².